The first-order chi connectivity index (χ1) is 9.16. The highest BCUT2D eigenvalue weighted by Gasteiger charge is 2.21. The molecule has 19 heavy (non-hydrogen) atoms. The quantitative estimate of drug-likeness (QED) is 0.583. The molecule has 0 saturated heterocycles. The maximum atomic E-state index is 5.77. The second-order valence-corrected chi connectivity index (χ2v) is 6.19. The summed E-state index contributed by atoms with van der Waals surface area (Å²) in [5.74, 6) is 1.65. The zero-order valence-corrected chi connectivity index (χ0v) is 13.2. The molecular formula is C15H22BrNO2. The standard InChI is InChI=1S/C15H22BrNO2/c1-11(2)17-8-13-4-3-5-14(16)15(13)19-10-18-9-12-6-7-12/h3-5,11-12,17H,6-10H2,1-2H3. The van der Waals surface area contributed by atoms with Gasteiger partial charge in [-0.25, -0.2) is 0 Å². The van der Waals surface area contributed by atoms with Gasteiger partial charge in [-0.3, -0.25) is 0 Å². The molecule has 106 valence electrons. The van der Waals surface area contributed by atoms with Crippen molar-refractivity contribution in [3.8, 4) is 5.75 Å². The van der Waals surface area contributed by atoms with Crippen molar-refractivity contribution in [2.75, 3.05) is 13.4 Å². The average Bonchev–Trinajstić information content (AvgIpc) is 3.18. The van der Waals surface area contributed by atoms with Crippen molar-refractivity contribution in [1.29, 1.82) is 0 Å². The fraction of sp³-hybridized carbons (Fsp3) is 0.600. The topological polar surface area (TPSA) is 30.5 Å². The molecule has 0 spiro atoms. The third-order valence-corrected chi connectivity index (χ3v) is 3.71. The lowest BCUT2D eigenvalue weighted by atomic mass is 10.2. The molecule has 0 atom stereocenters. The van der Waals surface area contributed by atoms with Crippen LogP contribution in [0.1, 0.15) is 32.3 Å². The molecule has 1 fully saturated rings. The third-order valence-electron chi connectivity index (χ3n) is 3.09. The van der Waals surface area contributed by atoms with Crippen LogP contribution in [0, 0.1) is 5.92 Å². The Labute approximate surface area is 123 Å². The summed E-state index contributed by atoms with van der Waals surface area (Å²) in [6.07, 6.45) is 2.61. The number of benzene rings is 1. The van der Waals surface area contributed by atoms with Gasteiger partial charge in [-0.15, -0.1) is 0 Å². The van der Waals surface area contributed by atoms with Gasteiger partial charge in [0.25, 0.3) is 0 Å². The first kappa shape index (κ1) is 14.8. The van der Waals surface area contributed by atoms with E-state index in [1.165, 1.54) is 12.8 Å². The van der Waals surface area contributed by atoms with E-state index in [-0.39, 0.29) is 0 Å². The van der Waals surface area contributed by atoms with E-state index in [0.29, 0.717) is 12.8 Å². The Morgan fingerprint density at radius 1 is 1.37 bits per heavy atom. The number of para-hydroxylation sites is 1. The van der Waals surface area contributed by atoms with Gasteiger partial charge in [0, 0.05) is 18.2 Å². The molecule has 1 aliphatic rings. The van der Waals surface area contributed by atoms with E-state index in [2.05, 4.69) is 41.2 Å². The van der Waals surface area contributed by atoms with Crippen molar-refractivity contribution in [1.82, 2.24) is 5.32 Å². The van der Waals surface area contributed by atoms with E-state index >= 15 is 0 Å². The molecule has 2 rings (SSSR count). The Kier molecular flexibility index (Phi) is 5.67. The zero-order chi connectivity index (χ0) is 13.7. The van der Waals surface area contributed by atoms with Crippen LogP contribution in [0.5, 0.6) is 5.75 Å². The number of nitrogens with one attached hydrogen (secondary N) is 1. The first-order valence-electron chi connectivity index (χ1n) is 6.88. The molecule has 0 radical (unpaired) electrons. The first-order valence-corrected chi connectivity index (χ1v) is 7.67. The predicted molar refractivity (Wildman–Crippen MR) is 80.3 cm³/mol. The third kappa shape index (κ3) is 5.13. The van der Waals surface area contributed by atoms with Gasteiger partial charge < -0.3 is 14.8 Å². The van der Waals surface area contributed by atoms with E-state index in [1.807, 2.05) is 12.1 Å². The molecule has 4 heteroatoms. The van der Waals surface area contributed by atoms with Crippen molar-refractivity contribution in [3.05, 3.63) is 28.2 Å². The van der Waals surface area contributed by atoms with Crippen LogP contribution in [0.2, 0.25) is 0 Å². The van der Waals surface area contributed by atoms with Crippen LogP contribution in [0.4, 0.5) is 0 Å². The molecule has 0 bridgehead atoms. The summed E-state index contributed by atoms with van der Waals surface area (Å²) in [6, 6.07) is 6.56. The van der Waals surface area contributed by atoms with Gasteiger partial charge in [-0.2, -0.15) is 0 Å². The molecule has 0 aromatic heterocycles. The van der Waals surface area contributed by atoms with E-state index in [4.69, 9.17) is 9.47 Å². The smallest absolute Gasteiger partial charge is 0.189 e. The van der Waals surface area contributed by atoms with Gasteiger partial charge in [-0.1, -0.05) is 26.0 Å². The Morgan fingerprint density at radius 3 is 2.84 bits per heavy atom. The lowest BCUT2D eigenvalue weighted by Crippen LogP contribution is -2.22. The summed E-state index contributed by atoms with van der Waals surface area (Å²) >= 11 is 3.54. The Hall–Kier alpha value is -0.580. The SMILES string of the molecule is CC(C)NCc1cccc(Br)c1OCOCC1CC1. The molecule has 1 aromatic rings. The van der Waals surface area contributed by atoms with Gasteiger partial charge >= 0.3 is 0 Å². The summed E-state index contributed by atoms with van der Waals surface area (Å²) in [6.45, 7) is 6.22. The Balaban J connectivity index is 1.87. The molecule has 0 amide bonds. The van der Waals surface area contributed by atoms with Gasteiger partial charge in [0.15, 0.2) is 6.79 Å². The molecule has 3 nitrogen and oxygen atoms in total. The summed E-state index contributed by atoms with van der Waals surface area (Å²) in [4.78, 5) is 0. The van der Waals surface area contributed by atoms with E-state index in [9.17, 15) is 0 Å². The minimum absolute atomic E-state index is 0.327. The number of ether oxygens (including phenoxy) is 2. The summed E-state index contributed by atoms with van der Waals surface area (Å²) in [7, 11) is 0. The highest BCUT2D eigenvalue weighted by molar-refractivity contribution is 9.10. The maximum Gasteiger partial charge on any atom is 0.189 e. The monoisotopic (exact) mass is 327 g/mol. The largest absolute Gasteiger partial charge is 0.466 e. The van der Waals surface area contributed by atoms with Crippen molar-refractivity contribution in [2.24, 2.45) is 5.92 Å². The van der Waals surface area contributed by atoms with Crippen LogP contribution in [-0.4, -0.2) is 19.4 Å². The number of hydrogen-bond donors (Lipinski definition) is 1. The van der Waals surface area contributed by atoms with Crippen molar-refractivity contribution < 1.29 is 9.47 Å². The van der Waals surface area contributed by atoms with Crippen LogP contribution in [-0.2, 0) is 11.3 Å². The molecule has 1 N–H and O–H groups in total. The van der Waals surface area contributed by atoms with Crippen LogP contribution < -0.4 is 10.1 Å². The number of rotatable bonds is 8. The van der Waals surface area contributed by atoms with Crippen molar-refractivity contribution >= 4 is 15.9 Å². The van der Waals surface area contributed by atoms with Gasteiger partial charge in [0.1, 0.15) is 5.75 Å². The zero-order valence-electron chi connectivity index (χ0n) is 11.6. The van der Waals surface area contributed by atoms with Crippen LogP contribution in [0.3, 0.4) is 0 Å². The molecule has 0 heterocycles. The van der Waals surface area contributed by atoms with Crippen molar-refractivity contribution in [2.45, 2.75) is 39.3 Å². The number of hydrogen-bond acceptors (Lipinski definition) is 3. The Morgan fingerprint density at radius 2 is 2.16 bits per heavy atom. The lowest BCUT2D eigenvalue weighted by Gasteiger charge is -2.15. The summed E-state index contributed by atoms with van der Waals surface area (Å²) < 4.78 is 12.3. The predicted octanol–water partition coefficient (Wildman–Crippen LogP) is 3.71. The minimum Gasteiger partial charge on any atom is -0.466 e. The molecule has 1 aromatic carbocycles. The van der Waals surface area contributed by atoms with Gasteiger partial charge in [0.2, 0.25) is 0 Å². The maximum absolute atomic E-state index is 5.77. The average molecular weight is 328 g/mol. The van der Waals surface area contributed by atoms with Crippen molar-refractivity contribution in [3.63, 3.8) is 0 Å². The fourth-order valence-electron chi connectivity index (χ4n) is 1.77. The highest BCUT2D eigenvalue weighted by atomic mass is 79.9. The fourth-order valence-corrected chi connectivity index (χ4v) is 2.29. The Bertz CT molecular complexity index is 405. The van der Waals surface area contributed by atoms with Crippen LogP contribution in [0.15, 0.2) is 22.7 Å². The highest BCUT2D eigenvalue weighted by Crippen LogP contribution is 2.30. The molecule has 0 unspecified atom stereocenters. The lowest BCUT2D eigenvalue weighted by molar-refractivity contribution is 0.00898. The minimum atomic E-state index is 0.327. The normalized spacial score (nSPS) is 14.9. The number of halogens is 1. The van der Waals surface area contributed by atoms with E-state index in [1.54, 1.807) is 0 Å². The molecule has 0 aliphatic heterocycles. The van der Waals surface area contributed by atoms with Gasteiger partial charge in [0.05, 0.1) is 11.1 Å². The van der Waals surface area contributed by atoms with E-state index in [0.717, 1.165) is 34.9 Å². The van der Waals surface area contributed by atoms with Crippen LogP contribution in [0.25, 0.3) is 0 Å². The molecule has 1 saturated carbocycles. The van der Waals surface area contributed by atoms with Crippen LogP contribution >= 0.6 is 15.9 Å². The molecule has 1 aliphatic carbocycles. The second kappa shape index (κ2) is 7.27. The molecular weight excluding hydrogens is 306 g/mol. The second-order valence-electron chi connectivity index (χ2n) is 5.34. The van der Waals surface area contributed by atoms with Gasteiger partial charge in [-0.05, 0) is 40.8 Å². The summed E-state index contributed by atoms with van der Waals surface area (Å²) in [5, 5.41) is 3.41. The van der Waals surface area contributed by atoms with E-state index < -0.39 is 0 Å². The summed E-state index contributed by atoms with van der Waals surface area (Å²) in [5.41, 5.74) is 1.15.